The predicted octanol–water partition coefficient (Wildman–Crippen LogP) is 4.69. The highest BCUT2D eigenvalue weighted by molar-refractivity contribution is 6.31. The number of fused-ring (bicyclic) bond motifs is 1. The molecule has 0 radical (unpaired) electrons. The van der Waals surface area contributed by atoms with Crippen LogP contribution in [-0.4, -0.2) is 48.9 Å². The van der Waals surface area contributed by atoms with Crippen molar-refractivity contribution in [3.63, 3.8) is 0 Å². The van der Waals surface area contributed by atoms with Gasteiger partial charge in [-0.25, -0.2) is 0 Å². The van der Waals surface area contributed by atoms with E-state index in [1.165, 1.54) is 0 Å². The molecule has 7 heteroatoms. The second kappa shape index (κ2) is 9.87. The standard InChI is InChI=1S/C26H31ClN4O2/c1-17(25(32)28-16-18-4-7-22(8-5-18)30(2)3)19-10-12-31(13-11-19)26(33)24-15-20-14-21(27)6-9-23(20)29-24/h4-9,14-15,17,19,29H,10-13,16H2,1-3H3,(H,28,32). The maximum Gasteiger partial charge on any atom is 0.270 e. The minimum Gasteiger partial charge on any atom is -0.378 e. The Balaban J connectivity index is 1.28. The number of aromatic nitrogens is 1. The van der Waals surface area contributed by atoms with Crippen LogP contribution < -0.4 is 10.2 Å². The number of piperidine rings is 1. The smallest absolute Gasteiger partial charge is 0.270 e. The molecule has 1 saturated heterocycles. The quantitative estimate of drug-likeness (QED) is 0.553. The highest BCUT2D eigenvalue weighted by Gasteiger charge is 2.30. The molecule has 2 amide bonds. The van der Waals surface area contributed by atoms with Gasteiger partial charge in [0.1, 0.15) is 5.69 Å². The van der Waals surface area contributed by atoms with Crippen LogP contribution >= 0.6 is 11.6 Å². The summed E-state index contributed by atoms with van der Waals surface area (Å²) in [4.78, 5) is 32.8. The van der Waals surface area contributed by atoms with Gasteiger partial charge in [-0.3, -0.25) is 9.59 Å². The summed E-state index contributed by atoms with van der Waals surface area (Å²) in [7, 11) is 4.01. The van der Waals surface area contributed by atoms with Gasteiger partial charge in [0.2, 0.25) is 5.91 Å². The zero-order valence-electron chi connectivity index (χ0n) is 19.4. The molecule has 0 bridgehead atoms. The number of anilines is 1. The zero-order valence-corrected chi connectivity index (χ0v) is 20.2. The number of H-pyrrole nitrogens is 1. The van der Waals surface area contributed by atoms with Crippen LogP contribution in [0.25, 0.3) is 10.9 Å². The van der Waals surface area contributed by atoms with E-state index >= 15 is 0 Å². The molecule has 4 rings (SSSR count). The van der Waals surface area contributed by atoms with Crippen LogP contribution in [0.1, 0.15) is 35.8 Å². The Kier molecular flexibility index (Phi) is 6.94. The Bertz CT molecular complexity index is 1130. The molecule has 1 aromatic heterocycles. The fourth-order valence-corrected chi connectivity index (χ4v) is 4.65. The summed E-state index contributed by atoms with van der Waals surface area (Å²) in [5, 5.41) is 4.66. The number of hydrogen-bond donors (Lipinski definition) is 2. The molecule has 2 N–H and O–H groups in total. The SMILES string of the molecule is CC(C(=O)NCc1ccc(N(C)C)cc1)C1CCN(C(=O)c2cc3cc(Cl)ccc3[nH]2)CC1. The van der Waals surface area contributed by atoms with Crippen molar-refractivity contribution in [3.8, 4) is 0 Å². The van der Waals surface area contributed by atoms with Crippen molar-refractivity contribution >= 4 is 40.0 Å². The number of nitrogens with zero attached hydrogens (tertiary/aromatic N) is 2. The minimum absolute atomic E-state index is 0.000881. The van der Waals surface area contributed by atoms with Crippen LogP contribution in [-0.2, 0) is 11.3 Å². The lowest BCUT2D eigenvalue weighted by atomic mass is 9.84. The van der Waals surface area contributed by atoms with Crippen LogP contribution in [0.15, 0.2) is 48.5 Å². The number of aromatic amines is 1. The number of nitrogens with one attached hydrogen (secondary N) is 2. The normalized spacial score (nSPS) is 15.5. The first kappa shape index (κ1) is 23.2. The Morgan fingerprint density at radius 2 is 1.82 bits per heavy atom. The summed E-state index contributed by atoms with van der Waals surface area (Å²) in [6.07, 6.45) is 1.65. The fraction of sp³-hybridized carbons (Fsp3) is 0.385. The van der Waals surface area contributed by atoms with E-state index in [2.05, 4.69) is 27.3 Å². The number of benzene rings is 2. The molecule has 3 aromatic rings. The van der Waals surface area contributed by atoms with Crippen LogP contribution in [0, 0.1) is 11.8 Å². The van der Waals surface area contributed by atoms with Crippen molar-refractivity contribution in [1.29, 1.82) is 0 Å². The lowest BCUT2D eigenvalue weighted by Gasteiger charge is -2.34. The van der Waals surface area contributed by atoms with Gasteiger partial charge in [0, 0.05) is 61.3 Å². The summed E-state index contributed by atoms with van der Waals surface area (Å²) >= 11 is 6.06. The maximum atomic E-state index is 13.0. The van der Waals surface area contributed by atoms with Crippen molar-refractivity contribution in [2.24, 2.45) is 11.8 Å². The van der Waals surface area contributed by atoms with Gasteiger partial charge in [0.05, 0.1) is 0 Å². The summed E-state index contributed by atoms with van der Waals surface area (Å²) in [6.45, 7) is 3.83. The molecule has 33 heavy (non-hydrogen) atoms. The summed E-state index contributed by atoms with van der Waals surface area (Å²) in [6, 6.07) is 15.6. The lowest BCUT2D eigenvalue weighted by Crippen LogP contribution is -2.42. The van der Waals surface area contributed by atoms with E-state index in [4.69, 9.17) is 11.6 Å². The summed E-state index contributed by atoms with van der Waals surface area (Å²) < 4.78 is 0. The highest BCUT2D eigenvalue weighted by Crippen LogP contribution is 2.27. The van der Waals surface area contributed by atoms with Gasteiger partial charge in [0.15, 0.2) is 0 Å². The largest absolute Gasteiger partial charge is 0.378 e. The number of likely N-dealkylation sites (tertiary alicyclic amines) is 1. The first-order valence-electron chi connectivity index (χ1n) is 11.4. The van der Waals surface area contributed by atoms with Crippen LogP contribution in [0.4, 0.5) is 5.69 Å². The molecular weight excluding hydrogens is 436 g/mol. The molecule has 0 saturated carbocycles. The van der Waals surface area contributed by atoms with Crippen molar-refractivity contribution in [2.75, 3.05) is 32.1 Å². The first-order chi connectivity index (χ1) is 15.8. The van der Waals surface area contributed by atoms with E-state index in [0.29, 0.717) is 30.4 Å². The molecule has 6 nitrogen and oxygen atoms in total. The molecule has 0 spiro atoms. The van der Waals surface area contributed by atoms with Gasteiger partial charge < -0.3 is 20.1 Å². The zero-order chi connectivity index (χ0) is 23.5. The molecule has 2 heterocycles. The molecule has 2 aromatic carbocycles. The molecule has 0 aliphatic carbocycles. The second-order valence-electron chi connectivity index (χ2n) is 9.11. The van der Waals surface area contributed by atoms with Gasteiger partial charge >= 0.3 is 0 Å². The molecule has 1 aliphatic heterocycles. The average molecular weight is 467 g/mol. The Morgan fingerprint density at radius 3 is 2.48 bits per heavy atom. The van der Waals surface area contributed by atoms with Crippen molar-refractivity contribution in [3.05, 3.63) is 64.8 Å². The third-order valence-corrected chi connectivity index (χ3v) is 6.92. The molecule has 1 unspecified atom stereocenters. The van der Waals surface area contributed by atoms with Crippen molar-refractivity contribution in [1.82, 2.24) is 15.2 Å². The Hall–Kier alpha value is -2.99. The number of halogens is 1. The predicted molar refractivity (Wildman–Crippen MR) is 134 cm³/mol. The maximum absolute atomic E-state index is 13.0. The molecule has 1 atom stereocenters. The van der Waals surface area contributed by atoms with E-state index in [1.807, 2.05) is 62.3 Å². The van der Waals surface area contributed by atoms with E-state index in [9.17, 15) is 9.59 Å². The molecular formula is C26H31ClN4O2. The van der Waals surface area contributed by atoms with Crippen molar-refractivity contribution in [2.45, 2.75) is 26.3 Å². The molecule has 1 fully saturated rings. The second-order valence-corrected chi connectivity index (χ2v) is 9.55. The number of rotatable bonds is 6. The summed E-state index contributed by atoms with van der Waals surface area (Å²) in [5.74, 6) is 0.258. The van der Waals surface area contributed by atoms with E-state index in [1.54, 1.807) is 0 Å². The van der Waals surface area contributed by atoms with E-state index in [0.717, 1.165) is 35.0 Å². The van der Waals surface area contributed by atoms with Gasteiger partial charge in [-0.1, -0.05) is 30.7 Å². The Labute approximate surface area is 199 Å². The minimum atomic E-state index is -0.0847. The first-order valence-corrected chi connectivity index (χ1v) is 11.8. The third kappa shape index (κ3) is 5.33. The number of hydrogen-bond acceptors (Lipinski definition) is 3. The summed E-state index contributed by atoms with van der Waals surface area (Å²) in [5.41, 5.74) is 3.70. The number of carbonyl (C=O) groups excluding carboxylic acids is 2. The molecule has 174 valence electrons. The van der Waals surface area contributed by atoms with Gasteiger partial charge in [0.25, 0.3) is 5.91 Å². The Morgan fingerprint density at radius 1 is 1.12 bits per heavy atom. The van der Waals surface area contributed by atoms with Crippen LogP contribution in [0.2, 0.25) is 5.02 Å². The van der Waals surface area contributed by atoms with E-state index in [-0.39, 0.29) is 23.7 Å². The lowest BCUT2D eigenvalue weighted by molar-refractivity contribution is -0.126. The van der Waals surface area contributed by atoms with E-state index < -0.39 is 0 Å². The monoisotopic (exact) mass is 466 g/mol. The van der Waals surface area contributed by atoms with Crippen LogP contribution in [0.3, 0.4) is 0 Å². The van der Waals surface area contributed by atoms with Gasteiger partial charge in [-0.15, -0.1) is 0 Å². The van der Waals surface area contributed by atoms with Crippen LogP contribution in [0.5, 0.6) is 0 Å². The van der Waals surface area contributed by atoms with Crippen molar-refractivity contribution < 1.29 is 9.59 Å². The molecule has 1 aliphatic rings. The average Bonchev–Trinajstić information content (AvgIpc) is 3.25. The fourth-order valence-electron chi connectivity index (χ4n) is 4.47. The number of carbonyl (C=O) groups is 2. The topological polar surface area (TPSA) is 68.4 Å². The third-order valence-electron chi connectivity index (χ3n) is 6.68. The van der Waals surface area contributed by atoms with Gasteiger partial charge in [-0.2, -0.15) is 0 Å². The number of amides is 2. The highest BCUT2D eigenvalue weighted by atomic mass is 35.5. The van der Waals surface area contributed by atoms with Gasteiger partial charge in [-0.05, 0) is 60.7 Å².